The van der Waals surface area contributed by atoms with Crippen LogP contribution in [0.25, 0.3) is 0 Å². The van der Waals surface area contributed by atoms with Gasteiger partial charge in [0.05, 0.1) is 6.61 Å². The third-order valence-electron chi connectivity index (χ3n) is 2.68. The van der Waals surface area contributed by atoms with Crippen LogP contribution < -0.4 is 9.88 Å². The Kier molecular flexibility index (Phi) is 5.78. The van der Waals surface area contributed by atoms with Crippen LogP contribution in [0, 0.1) is 13.8 Å². The number of methoxy groups -OCH3 is 1. The molecule has 0 fully saturated rings. The van der Waals surface area contributed by atoms with E-state index in [0.717, 1.165) is 24.0 Å². The Bertz CT molecular complexity index is 526. The Labute approximate surface area is 114 Å². The van der Waals surface area contributed by atoms with Gasteiger partial charge in [0.2, 0.25) is 10.0 Å². The van der Waals surface area contributed by atoms with Crippen LogP contribution in [0.15, 0.2) is 17.0 Å². The zero-order chi connectivity index (χ0) is 14.5. The summed E-state index contributed by atoms with van der Waals surface area (Å²) in [6.07, 6.45) is 1.66. The predicted molar refractivity (Wildman–Crippen MR) is 73.9 cm³/mol. The van der Waals surface area contributed by atoms with Gasteiger partial charge in [-0.25, -0.2) is 13.6 Å². The molecule has 0 aliphatic heterocycles. The van der Waals surface area contributed by atoms with Gasteiger partial charge >= 0.3 is 0 Å². The first-order chi connectivity index (χ1) is 8.86. The lowest BCUT2D eigenvalue weighted by atomic mass is 10.1. The minimum atomic E-state index is -3.78. The first-order valence-electron chi connectivity index (χ1n) is 6.12. The number of sulfonamides is 1. The standard InChI is InChI=1S/C13H21NO4S/c1-10-8-11(2)13(12(9-10)19(14,15)16)18-7-5-4-6-17-3/h8-9H,4-7H2,1-3H3,(H2,14,15,16). The van der Waals surface area contributed by atoms with Gasteiger partial charge in [0.1, 0.15) is 10.6 Å². The molecule has 6 heteroatoms. The second-order valence-corrected chi connectivity index (χ2v) is 6.03. The Morgan fingerprint density at radius 1 is 1.16 bits per heavy atom. The number of benzene rings is 1. The van der Waals surface area contributed by atoms with Gasteiger partial charge in [-0.05, 0) is 43.9 Å². The number of aryl methyl sites for hydroxylation is 2. The molecule has 0 aliphatic carbocycles. The van der Waals surface area contributed by atoms with Crippen molar-refractivity contribution in [2.75, 3.05) is 20.3 Å². The van der Waals surface area contributed by atoms with Crippen LogP contribution in [-0.4, -0.2) is 28.7 Å². The highest BCUT2D eigenvalue weighted by Gasteiger charge is 2.18. The number of hydrogen-bond donors (Lipinski definition) is 1. The molecule has 0 atom stereocenters. The van der Waals surface area contributed by atoms with Gasteiger partial charge in [0.25, 0.3) is 0 Å². The molecule has 5 nitrogen and oxygen atoms in total. The lowest BCUT2D eigenvalue weighted by Crippen LogP contribution is -2.15. The Hall–Kier alpha value is -1.11. The SMILES string of the molecule is COCCCCOc1c(C)cc(C)cc1S(N)(=O)=O. The summed E-state index contributed by atoms with van der Waals surface area (Å²) in [4.78, 5) is 0.0525. The first kappa shape index (κ1) is 15.9. The largest absolute Gasteiger partial charge is 0.492 e. The van der Waals surface area contributed by atoms with Gasteiger partial charge in [0.15, 0.2) is 0 Å². The molecular formula is C13H21NO4S. The van der Waals surface area contributed by atoms with Gasteiger partial charge < -0.3 is 9.47 Å². The van der Waals surface area contributed by atoms with Gasteiger partial charge in [-0.2, -0.15) is 0 Å². The number of ether oxygens (including phenoxy) is 2. The lowest BCUT2D eigenvalue weighted by molar-refractivity contribution is 0.183. The quantitative estimate of drug-likeness (QED) is 0.775. The van der Waals surface area contributed by atoms with Crippen molar-refractivity contribution < 1.29 is 17.9 Å². The van der Waals surface area contributed by atoms with Crippen molar-refractivity contribution in [3.63, 3.8) is 0 Å². The highest BCUT2D eigenvalue weighted by Crippen LogP contribution is 2.28. The van der Waals surface area contributed by atoms with Crippen LogP contribution in [0.4, 0.5) is 0 Å². The van der Waals surface area contributed by atoms with Crippen molar-refractivity contribution in [3.8, 4) is 5.75 Å². The van der Waals surface area contributed by atoms with E-state index in [1.54, 1.807) is 7.11 Å². The molecule has 108 valence electrons. The van der Waals surface area contributed by atoms with Crippen LogP contribution in [0.1, 0.15) is 24.0 Å². The van der Waals surface area contributed by atoms with Crippen molar-refractivity contribution in [2.45, 2.75) is 31.6 Å². The van der Waals surface area contributed by atoms with Crippen LogP contribution >= 0.6 is 0 Å². The second-order valence-electron chi connectivity index (χ2n) is 4.50. The summed E-state index contributed by atoms with van der Waals surface area (Å²) in [6, 6.07) is 3.41. The van der Waals surface area contributed by atoms with Gasteiger partial charge in [0, 0.05) is 13.7 Å². The number of nitrogens with two attached hydrogens (primary N) is 1. The van der Waals surface area contributed by atoms with Crippen LogP contribution in [0.3, 0.4) is 0 Å². The zero-order valence-electron chi connectivity index (χ0n) is 11.6. The first-order valence-corrected chi connectivity index (χ1v) is 7.66. The average molecular weight is 287 g/mol. The summed E-state index contributed by atoms with van der Waals surface area (Å²) < 4.78 is 33.7. The highest BCUT2D eigenvalue weighted by molar-refractivity contribution is 7.89. The van der Waals surface area contributed by atoms with Crippen molar-refractivity contribution in [1.29, 1.82) is 0 Å². The summed E-state index contributed by atoms with van der Waals surface area (Å²) in [5.74, 6) is 0.352. The molecule has 0 saturated heterocycles. The smallest absolute Gasteiger partial charge is 0.241 e. The minimum absolute atomic E-state index is 0.0525. The van der Waals surface area contributed by atoms with Crippen molar-refractivity contribution in [1.82, 2.24) is 0 Å². The van der Waals surface area contributed by atoms with Crippen molar-refractivity contribution in [2.24, 2.45) is 5.14 Å². The molecule has 1 aromatic rings. The van der Waals surface area contributed by atoms with E-state index in [0.29, 0.717) is 19.0 Å². The molecule has 0 unspecified atom stereocenters. The molecule has 0 saturated carbocycles. The fourth-order valence-corrected chi connectivity index (χ4v) is 2.66. The molecule has 0 bridgehead atoms. The summed E-state index contributed by atoms with van der Waals surface area (Å²) in [5.41, 5.74) is 1.61. The molecule has 0 heterocycles. The van der Waals surface area contributed by atoms with E-state index in [4.69, 9.17) is 14.6 Å². The molecular weight excluding hydrogens is 266 g/mol. The monoisotopic (exact) mass is 287 g/mol. The van der Waals surface area contributed by atoms with E-state index in [2.05, 4.69) is 0 Å². The van der Waals surface area contributed by atoms with Crippen molar-refractivity contribution >= 4 is 10.0 Å². The van der Waals surface area contributed by atoms with Crippen LogP contribution in [0.2, 0.25) is 0 Å². The fraction of sp³-hybridized carbons (Fsp3) is 0.538. The lowest BCUT2D eigenvalue weighted by Gasteiger charge is -2.14. The second kappa shape index (κ2) is 6.88. The Morgan fingerprint density at radius 3 is 2.37 bits per heavy atom. The molecule has 1 aromatic carbocycles. The van der Waals surface area contributed by atoms with E-state index in [1.807, 2.05) is 19.9 Å². The van der Waals surface area contributed by atoms with Gasteiger partial charge in [-0.1, -0.05) is 6.07 Å². The van der Waals surface area contributed by atoms with E-state index in [-0.39, 0.29) is 4.90 Å². The maximum absolute atomic E-state index is 11.6. The molecule has 0 spiro atoms. The summed E-state index contributed by atoms with van der Waals surface area (Å²) in [6.45, 7) is 4.74. The number of rotatable bonds is 7. The normalized spacial score (nSPS) is 11.6. The zero-order valence-corrected chi connectivity index (χ0v) is 12.4. The van der Waals surface area contributed by atoms with Crippen LogP contribution in [-0.2, 0) is 14.8 Å². The third-order valence-corrected chi connectivity index (χ3v) is 3.60. The van der Waals surface area contributed by atoms with E-state index >= 15 is 0 Å². The summed E-state index contributed by atoms with van der Waals surface area (Å²) in [5, 5.41) is 5.22. The third kappa shape index (κ3) is 4.81. The molecule has 0 radical (unpaired) electrons. The predicted octanol–water partition coefficient (Wildman–Crippen LogP) is 1.76. The Balaban J connectivity index is 2.87. The maximum atomic E-state index is 11.6. The number of hydrogen-bond acceptors (Lipinski definition) is 4. The van der Waals surface area contributed by atoms with Crippen molar-refractivity contribution in [3.05, 3.63) is 23.3 Å². The Morgan fingerprint density at radius 2 is 1.79 bits per heavy atom. The average Bonchev–Trinajstić information content (AvgIpc) is 2.29. The summed E-state index contributed by atoms with van der Waals surface area (Å²) >= 11 is 0. The summed E-state index contributed by atoms with van der Waals surface area (Å²) in [7, 11) is -2.13. The number of unbranched alkanes of at least 4 members (excludes halogenated alkanes) is 1. The number of primary sulfonamides is 1. The van der Waals surface area contributed by atoms with E-state index < -0.39 is 10.0 Å². The molecule has 0 amide bonds. The molecule has 0 aromatic heterocycles. The fourth-order valence-electron chi connectivity index (χ4n) is 1.83. The minimum Gasteiger partial charge on any atom is -0.492 e. The molecule has 1 rings (SSSR count). The molecule has 0 aliphatic rings. The van der Waals surface area contributed by atoms with E-state index in [1.165, 1.54) is 6.07 Å². The van der Waals surface area contributed by atoms with E-state index in [9.17, 15) is 8.42 Å². The van der Waals surface area contributed by atoms with Crippen LogP contribution in [0.5, 0.6) is 5.75 Å². The molecule has 2 N–H and O–H groups in total. The maximum Gasteiger partial charge on any atom is 0.241 e. The topological polar surface area (TPSA) is 78.6 Å². The van der Waals surface area contributed by atoms with Gasteiger partial charge in [-0.3, -0.25) is 0 Å². The molecule has 19 heavy (non-hydrogen) atoms. The highest BCUT2D eigenvalue weighted by atomic mass is 32.2. The van der Waals surface area contributed by atoms with Gasteiger partial charge in [-0.15, -0.1) is 0 Å².